The Morgan fingerprint density at radius 3 is 3.07 bits per heavy atom. The minimum Gasteiger partial charge on any atom is -0.350 e. The van der Waals surface area contributed by atoms with Crippen LogP contribution in [0.15, 0.2) is 0 Å². The quantitative estimate of drug-likeness (QED) is 0.695. The molecular formula is C11H21N3O. The predicted molar refractivity (Wildman–Crippen MR) is 59.4 cm³/mol. The van der Waals surface area contributed by atoms with E-state index >= 15 is 0 Å². The third kappa shape index (κ3) is 2.16. The number of hydrogen-bond donors (Lipinski definition) is 2. The van der Waals surface area contributed by atoms with Crippen LogP contribution in [-0.2, 0) is 4.79 Å². The van der Waals surface area contributed by atoms with E-state index in [0.717, 1.165) is 13.0 Å². The normalized spacial score (nSPS) is 32.7. The lowest BCUT2D eigenvalue weighted by Crippen LogP contribution is -2.48. The van der Waals surface area contributed by atoms with Gasteiger partial charge >= 0.3 is 0 Å². The first kappa shape index (κ1) is 10.9. The summed E-state index contributed by atoms with van der Waals surface area (Å²) in [6, 6.07) is 0.594. The summed E-state index contributed by atoms with van der Waals surface area (Å²) in [6.45, 7) is 4.29. The van der Waals surface area contributed by atoms with Crippen LogP contribution in [0.1, 0.15) is 32.6 Å². The second-order valence-corrected chi connectivity index (χ2v) is 4.66. The molecule has 0 bridgehead atoms. The second kappa shape index (κ2) is 4.49. The van der Waals surface area contributed by atoms with Gasteiger partial charge in [0.1, 0.15) is 0 Å². The standard InChI is InChI=1S/C11H21N3O/c1-2-8(12)11(15)13-9-5-7-14-6-3-4-10(9)14/h8-10H,2-7,12H2,1H3,(H,13,15). The molecule has 0 radical (unpaired) electrons. The zero-order chi connectivity index (χ0) is 10.8. The Morgan fingerprint density at radius 2 is 2.33 bits per heavy atom. The van der Waals surface area contributed by atoms with Crippen molar-refractivity contribution in [1.82, 2.24) is 10.2 Å². The molecule has 2 saturated heterocycles. The average Bonchev–Trinajstić information content (AvgIpc) is 2.81. The number of carbonyl (C=O) groups excluding carboxylic acids is 1. The first-order chi connectivity index (χ1) is 7.22. The van der Waals surface area contributed by atoms with Crippen LogP contribution in [-0.4, -0.2) is 42.0 Å². The summed E-state index contributed by atoms with van der Waals surface area (Å²) < 4.78 is 0. The molecule has 3 N–H and O–H groups in total. The van der Waals surface area contributed by atoms with Gasteiger partial charge in [-0.1, -0.05) is 6.92 Å². The molecule has 0 spiro atoms. The summed E-state index contributed by atoms with van der Waals surface area (Å²) in [5, 5.41) is 3.10. The highest BCUT2D eigenvalue weighted by Crippen LogP contribution is 2.27. The van der Waals surface area contributed by atoms with Crippen molar-refractivity contribution in [2.75, 3.05) is 13.1 Å². The summed E-state index contributed by atoms with van der Waals surface area (Å²) in [5.74, 6) is 0.0243. The average molecular weight is 211 g/mol. The maximum Gasteiger partial charge on any atom is 0.237 e. The monoisotopic (exact) mass is 211 g/mol. The number of amides is 1. The van der Waals surface area contributed by atoms with Crippen LogP contribution in [0.2, 0.25) is 0 Å². The number of fused-ring (bicyclic) bond motifs is 1. The number of carbonyl (C=O) groups is 1. The molecule has 2 aliphatic rings. The molecule has 1 amide bonds. The Hall–Kier alpha value is -0.610. The second-order valence-electron chi connectivity index (χ2n) is 4.66. The van der Waals surface area contributed by atoms with Crippen LogP contribution in [0.25, 0.3) is 0 Å². The van der Waals surface area contributed by atoms with Gasteiger partial charge in [-0.05, 0) is 32.2 Å². The first-order valence-electron chi connectivity index (χ1n) is 6.02. The fraction of sp³-hybridized carbons (Fsp3) is 0.909. The van der Waals surface area contributed by atoms with Crippen molar-refractivity contribution in [1.29, 1.82) is 0 Å². The molecule has 2 fully saturated rings. The molecule has 0 aromatic rings. The van der Waals surface area contributed by atoms with Crippen LogP contribution in [0.4, 0.5) is 0 Å². The summed E-state index contributed by atoms with van der Waals surface area (Å²) >= 11 is 0. The van der Waals surface area contributed by atoms with Gasteiger partial charge in [0.25, 0.3) is 0 Å². The molecule has 3 unspecified atom stereocenters. The molecule has 4 heteroatoms. The van der Waals surface area contributed by atoms with Gasteiger partial charge in [-0.15, -0.1) is 0 Å². The zero-order valence-electron chi connectivity index (χ0n) is 9.41. The molecule has 4 nitrogen and oxygen atoms in total. The number of nitrogens with zero attached hydrogens (tertiary/aromatic N) is 1. The Morgan fingerprint density at radius 1 is 1.53 bits per heavy atom. The molecule has 2 aliphatic heterocycles. The van der Waals surface area contributed by atoms with E-state index in [0.29, 0.717) is 18.5 Å². The van der Waals surface area contributed by atoms with Crippen LogP contribution in [0.3, 0.4) is 0 Å². The van der Waals surface area contributed by atoms with E-state index < -0.39 is 0 Å². The lowest BCUT2D eigenvalue weighted by molar-refractivity contribution is -0.123. The van der Waals surface area contributed by atoms with Crippen molar-refractivity contribution in [3.8, 4) is 0 Å². The van der Waals surface area contributed by atoms with Gasteiger partial charge in [0.05, 0.1) is 6.04 Å². The van der Waals surface area contributed by atoms with E-state index in [1.807, 2.05) is 6.92 Å². The first-order valence-corrected chi connectivity index (χ1v) is 6.02. The topological polar surface area (TPSA) is 58.4 Å². The van der Waals surface area contributed by atoms with E-state index in [1.54, 1.807) is 0 Å². The van der Waals surface area contributed by atoms with Crippen molar-refractivity contribution in [2.24, 2.45) is 5.73 Å². The largest absolute Gasteiger partial charge is 0.350 e. The molecule has 86 valence electrons. The van der Waals surface area contributed by atoms with Crippen molar-refractivity contribution in [2.45, 2.75) is 50.7 Å². The zero-order valence-corrected chi connectivity index (χ0v) is 9.41. The van der Waals surface area contributed by atoms with Crippen LogP contribution in [0, 0.1) is 0 Å². The number of nitrogens with one attached hydrogen (secondary N) is 1. The Balaban J connectivity index is 1.87. The molecule has 2 heterocycles. The third-order valence-electron chi connectivity index (χ3n) is 3.71. The van der Waals surface area contributed by atoms with E-state index in [9.17, 15) is 4.79 Å². The fourth-order valence-corrected chi connectivity index (χ4v) is 2.73. The highest BCUT2D eigenvalue weighted by atomic mass is 16.2. The summed E-state index contributed by atoms with van der Waals surface area (Å²) in [4.78, 5) is 14.2. The molecule has 15 heavy (non-hydrogen) atoms. The van der Waals surface area contributed by atoms with Gasteiger partial charge in [0.2, 0.25) is 5.91 Å². The maximum atomic E-state index is 11.7. The summed E-state index contributed by atoms with van der Waals surface area (Å²) in [5.41, 5.74) is 5.71. The predicted octanol–water partition coefficient (Wildman–Crippen LogP) is 0.0766. The highest BCUT2D eigenvalue weighted by molar-refractivity contribution is 5.81. The summed E-state index contributed by atoms with van der Waals surface area (Å²) in [7, 11) is 0. The lowest BCUT2D eigenvalue weighted by Gasteiger charge is -2.22. The van der Waals surface area contributed by atoms with Gasteiger partial charge in [-0.25, -0.2) is 0 Å². The van der Waals surface area contributed by atoms with Crippen LogP contribution < -0.4 is 11.1 Å². The number of nitrogens with two attached hydrogens (primary N) is 1. The molecule has 0 aromatic heterocycles. The molecule has 0 aliphatic carbocycles. The Bertz CT molecular complexity index is 244. The highest BCUT2D eigenvalue weighted by Gasteiger charge is 2.38. The minimum atomic E-state index is -0.333. The molecule has 3 atom stereocenters. The van der Waals surface area contributed by atoms with Crippen molar-refractivity contribution in [3.63, 3.8) is 0 Å². The van der Waals surface area contributed by atoms with Gasteiger partial charge < -0.3 is 11.1 Å². The molecular weight excluding hydrogens is 190 g/mol. The third-order valence-corrected chi connectivity index (χ3v) is 3.71. The lowest BCUT2D eigenvalue weighted by atomic mass is 10.1. The molecule has 2 rings (SSSR count). The minimum absolute atomic E-state index is 0.0243. The van der Waals surface area contributed by atoms with Gasteiger partial charge in [-0.3, -0.25) is 9.69 Å². The van der Waals surface area contributed by atoms with E-state index in [-0.39, 0.29) is 11.9 Å². The van der Waals surface area contributed by atoms with E-state index in [1.165, 1.54) is 19.4 Å². The van der Waals surface area contributed by atoms with Crippen molar-refractivity contribution >= 4 is 5.91 Å². The van der Waals surface area contributed by atoms with E-state index in [4.69, 9.17) is 5.73 Å². The smallest absolute Gasteiger partial charge is 0.237 e. The summed E-state index contributed by atoms with van der Waals surface area (Å²) in [6.07, 6.45) is 4.31. The molecule has 0 saturated carbocycles. The van der Waals surface area contributed by atoms with Crippen molar-refractivity contribution < 1.29 is 4.79 Å². The molecule has 0 aromatic carbocycles. The van der Waals surface area contributed by atoms with Crippen LogP contribution >= 0.6 is 0 Å². The SMILES string of the molecule is CCC(N)C(=O)NC1CCN2CCCC12. The Kier molecular flexibility index (Phi) is 3.26. The number of hydrogen-bond acceptors (Lipinski definition) is 3. The van der Waals surface area contributed by atoms with Crippen LogP contribution in [0.5, 0.6) is 0 Å². The fourth-order valence-electron chi connectivity index (χ4n) is 2.73. The maximum absolute atomic E-state index is 11.7. The Labute approximate surface area is 91.2 Å². The van der Waals surface area contributed by atoms with E-state index in [2.05, 4.69) is 10.2 Å². The van der Waals surface area contributed by atoms with Gasteiger partial charge in [0, 0.05) is 18.6 Å². The van der Waals surface area contributed by atoms with Crippen molar-refractivity contribution in [3.05, 3.63) is 0 Å². The van der Waals surface area contributed by atoms with Gasteiger partial charge in [0.15, 0.2) is 0 Å². The number of rotatable bonds is 3. The van der Waals surface area contributed by atoms with Gasteiger partial charge in [-0.2, -0.15) is 0 Å².